The van der Waals surface area contributed by atoms with Crippen LogP contribution in [0.1, 0.15) is 6.92 Å². The second-order valence-electron chi connectivity index (χ2n) is 4.72. The molecule has 2 aliphatic heterocycles. The van der Waals surface area contributed by atoms with E-state index >= 15 is 0 Å². The molecule has 2 unspecified atom stereocenters. The maximum absolute atomic E-state index is 12.3. The standard InChI is InChI=1S/C12H14N4O3/c1-6-9-5-15(11(14)17)12(18)16(9)8-4-7(13)2-3-10(8)19-6/h2-4,6,9H,5,13H2,1H3,(H2,14,17). The first-order valence-electron chi connectivity index (χ1n) is 5.95. The average Bonchev–Trinajstić information content (AvgIpc) is 2.69. The van der Waals surface area contributed by atoms with Gasteiger partial charge in [-0.2, -0.15) is 0 Å². The Kier molecular flexibility index (Phi) is 2.31. The van der Waals surface area contributed by atoms with E-state index in [0.717, 1.165) is 4.90 Å². The van der Waals surface area contributed by atoms with Crippen LogP contribution in [0, 0.1) is 0 Å². The number of anilines is 2. The summed E-state index contributed by atoms with van der Waals surface area (Å²) in [4.78, 5) is 26.1. The van der Waals surface area contributed by atoms with Crippen molar-refractivity contribution in [3.63, 3.8) is 0 Å². The first kappa shape index (κ1) is 11.6. The van der Waals surface area contributed by atoms with E-state index < -0.39 is 12.1 Å². The van der Waals surface area contributed by atoms with Gasteiger partial charge in [0, 0.05) is 5.69 Å². The van der Waals surface area contributed by atoms with Gasteiger partial charge >= 0.3 is 12.1 Å². The lowest BCUT2D eigenvalue weighted by Gasteiger charge is -2.35. The van der Waals surface area contributed by atoms with Crippen molar-refractivity contribution in [1.29, 1.82) is 0 Å². The van der Waals surface area contributed by atoms with Crippen LogP contribution in [0.3, 0.4) is 0 Å². The number of ether oxygens (including phenoxy) is 1. The molecule has 1 saturated heterocycles. The Bertz CT molecular complexity index is 574. The van der Waals surface area contributed by atoms with Crippen molar-refractivity contribution in [3.8, 4) is 5.75 Å². The molecule has 100 valence electrons. The molecule has 2 aliphatic rings. The second kappa shape index (κ2) is 3.78. The lowest BCUT2D eigenvalue weighted by molar-refractivity contribution is 0.175. The Labute approximate surface area is 109 Å². The first-order valence-corrected chi connectivity index (χ1v) is 5.95. The fourth-order valence-electron chi connectivity index (χ4n) is 2.54. The molecule has 2 heterocycles. The van der Waals surface area contributed by atoms with Gasteiger partial charge in [0.1, 0.15) is 11.9 Å². The zero-order chi connectivity index (χ0) is 13.7. The number of hydrogen-bond donors (Lipinski definition) is 2. The summed E-state index contributed by atoms with van der Waals surface area (Å²) in [6.45, 7) is 2.08. The Morgan fingerprint density at radius 3 is 2.89 bits per heavy atom. The number of carbonyl (C=O) groups is 2. The number of fused-ring (bicyclic) bond motifs is 3. The number of amides is 4. The molecule has 19 heavy (non-hydrogen) atoms. The molecular weight excluding hydrogens is 248 g/mol. The molecule has 4 amide bonds. The minimum absolute atomic E-state index is 0.218. The summed E-state index contributed by atoms with van der Waals surface area (Å²) in [5.74, 6) is 0.581. The Balaban J connectivity index is 2.09. The lowest BCUT2D eigenvalue weighted by atomic mass is 10.1. The highest BCUT2D eigenvalue weighted by Crippen LogP contribution is 2.40. The van der Waals surface area contributed by atoms with Crippen LogP contribution < -0.4 is 21.1 Å². The van der Waals surface area contributed by atoms with Crippen molar-refractivity contribution < 1.29 is 14.3 Å². The van der Waals surface area contributed by atoms with Gasteiger partial charge in [-0.05, 0) is 25.1 Å². The van der Waals surface area contributed by atoms with Crippen LogP contribution in [0.25, 0.3) is 0 Å². The number of nitrogens with zero attached hydrogens (tertiary/aromatic N) is 2. The third-order valence-corrected chi connectivity index (χ3v) is 3.50. The van der Waals surface area contributed by atoms with E-state index in [-0.39, 0.29) is 18.7 Å². The normalized spacial score (nSPS) is 24.8. The highest BCUT2D eigenvalue weighted by molar-refractivity contribution is 6.05. The summed E-state index contributed by atoms with van der Waals surface area (Å²) in [5.41, 5.74) is 12.1. The van der Waals surface area contributed by atoms with Crippen molar-refractivity contribution in [2.45, 2.75) is 19.1 Å². The number of nitrogen functional groups attached to an aromatic ring is 1. The van der Waals surface area contributed by atoms with Gasteiger partial charge < -0.3 is 16.2 Å². The van der Waals surface area contributed by atoms with Crippen LogP contribution in [0.2, 0.25) is 0 Å². The fourth-order valence-corrected chi connectivity index (χ4v) is 2.54. The number of rotatable bonds is 0. The van der Waals surface area contributed by atoms with Gasteiger partial charge in [-0.25, -0.2) is 14.5 Å². The molecule has 0 aromatic heterocycles. The van der Waals surface area contributed by atoms with Crippen molar-refractivity contribution in [1.82, 2.24) is 4.90 Å². The highest BCUT2D eigenvalue weighted by Gasteiger charge is 2.47. The third-order valence-electron chi connectivity index (χ3n) is 3.50. The third kappa shape index (κ3) is 1.58. The zero-order valence-electron chi connectivity index (χ0n) is 10.4. The Morgan fingerprint density at radius 1 is 1.47 bits per heavy atom. The van der Waals surface area contributed by atoms with Gasteiger partial charge in [0.15, 0.2) is 0 Å². The topological polar surface area (TPSA) is 102 Å². The number of urea groups is 2. The fraction of sp³-hybridized carbons (Fsp3) is 0.333. The molecule has 7 nitrogen and oxygen atoms in total. The van der Waals surface area contributed by atoms with Crippen LogP contribution in [0.15, 0.2) is 18.2 Å². The largest absolute Gasteiger partial charge is 0.486 e. The van der Waals surface area contributed by atoms with E-state index in [9.17, 15) is 9.59 Å². The van der Waals surface area contributed by atoms with E-state index in [1.807, 2.05) is 6.92 Å². The minimum atomic E-state index is -0.753. The summed E-state index contributed by atoms with van der Waals surface area (Å²) in [6, 6.07) is 3.66. The molecule has 4 N–H and O–H groups in total. The number of primary amides is 1. The Hall–Kier alpha value is -2.44. The van der Waals surface area contributed by atoms with Gasteiger partial charge in [-0.15, -0.1) is 0 Å². The molecular formula is C12H14N4O3. The minimum Gasteiger partial charge on any atom is -0.486 e. The maximum Gasteiger partial charge on any atom is 0.333 e. The molecule has 0 radical (unpaired) electrons. The van der Waals surface area contributed by atoms with Crippen LogP contribution in [-0.4, -0.2) is 35.7 Å². The average molecular weight is 262 g/mol. The van der Waals surface area contributed by atoms with Gasteiger partial charge in [0.05, 0.1) is 18.3 Å². The van der Waals surface area contributed by atoms with Gasteiger partial charge in [0.2, 0.25) is 0 Å². The molecule has 2 atom stereocenters. The SMILES string of the molecule is CC1Oc2ccc(N)cc2N2C(=O)N(C(N)=O)CC12. The highest BCUT2D eigenvalue weighted by atomic mass is 16.5. The molecule has 0 aliphatic carbocycles. The van der Waals surface area contributed by atoms with Gasteiger partial charge in [-0.3, -0.25) is 4.90 Å². The molecule has 1 fully saturated rings. The molecule has 3 rings (SSSR count). The smallest absolute Gasteiger partial charge is 0.333 e. The van der Waals surface area contributed by atoms with Crippen molar-refractivity contribution >= 4 is 23.4 Å². The molecule has 7 heteroatoms. The summed E-state index contributed by atoms with van der Waals surface area (Å²) in [6.07, 6.45) is -0.218. The van der Waals surface area contributed by atoms with E-state index in [1.165, 1.54) is 4.90 Å². The molecule has 0 spiro atoms. The molecule has 1 aromatic rings. The van der Waals surface area contributed by atoms with Crippen molar-refractivity contribution in [2.75, 3.05) is 17.2 Å². The van der Waals surface area contributed by atoms with E-state index in [1.54, 1.807) is 18.2 Å². The monoisotopic (exact) mass is 262 g/mol. The molecule has 0 saturated carbocycles. The summed E-state index contributed by atoms with van der Waals surface area (Å²) in [5, 5.41) is 0. The van der Waals surface area contributed by atoms with E-state index in [0.29, 0.717) is 17.1 Å². The second-order valence-corrected chi connectivity index (χ2v) is 4.72. The summed E-state index contributed by atoms with van der Waals surface area (Å²) in [7, 11) is 0. The summed E-state index contributed by atoms with van der Waals surface area (Å²) >= 11 is 0. The number of imide groups is 1. The number of carbonyl (C=O) groups excluding carboxylic acids is 2. The Morgan fingerprint density at radius 2 is 2.21 bits per heavy atom. The van der Waals surface area contributed by atoms with Crippen LogP contribution in [0.4, 0.5) is 21.0 Å². The van der Waals surface area contributed by atoms with Crippen LogP contribution in [-0.2, 0) is 0 Å². The summed E-state index contributed by atoms with van der Waals surface area (Å²) < 4.78 is 5.75. The van der Waals surface area contributed by atoms with Crippen molar-refractivity contribution in [2.24, 2.45) is 5.73 Å². The predicted molar refractivity (Wildman–Crippen MR) is 68.9 cm³/mol. The predicted octanol–water partition coefficient (Wildman–Crippen LogP) is 0.739. The number of nitrogens with two attached hydrogens (primary N) is 2. The van der Waals surface area contributed by atoms with E-state index in [2.05, 4.69) is 0 Å². The first-order chi connectivity index (χ1) is 8.99. The van der Waals surface area contributed by atoms with Crippen LogP contribution >= 0.6 is 0 Å². The van der Waals surface area contributed by atoms with E-state index in [4.69, 9.17) is 16.2 Å². The molecule has 0 bridgehead atoms. The van der Waals surface area contributed by atoms with Crippen LogP contribution in [0.5, 0.6) is 5.75 Å². The quantitative estimate of drug-likeness (QED) is 0.673. The molecule has 1 aromatic carbocycles. The maximum atomic E-state index is 12.3. The van der Waals surface area contributed by atoms with Crippen molar-refractivity contribution in [3.05, 3.63) is 18.2 Å². The number of benzene rings is 1. The zero-order valence-corrected chi connectivity index (χ0v) is 10.4. The van der Waals surface area contributed by atoms with Gasteiger partial charge in [0.25, 0.3) is 0 Å². The lowest BCUT2D eigenvalue weighted by Crippen LogP contribution is -2.47. The van der Waals surface area contributed by atoms with Gasteiger partial charge in [-0.1, -0.05) is 0 Å². The number of hydrogen-bond acceptors (Lipinski definition) is 4.